The van der Waals surface area contributed by atoms with Gasteiger partial charge in [0, 0.05) is 5.75 Å². The van der Waals surface area contributed by atoms with Gasteiger partial charge in [-0.3, -0.25) is 5.32 Å². The molecule has 0 aliphatic rings. The van der Waals surface area contributed by atoms with Crippen molar-refractivity contribution in [2.75, 3.05) is 5.32 Å². The first kappa shape index (κ1) is 18.9. The van der Waals surface area contributed by atoms with Gasteiger partial charge in [-0.25, -0.2) is 9.59 Å². The van der Waals surface area contributed by atoms with Gasteiger partial charge in [0.1, 0.15) is 6.61 Å². The second-order valence-electron chi connectivity index (χ2n) is 5.35. The minimum Gasteiger partial charge on any atom is -0.478 e. The minimum atomic E-state index is -0.951. The Hall–Kier alpha value is -2.91. The molecule has 0 saturated carbocycles. The largest absolute Gasteiger partial charge is 0.478 e. The fourth-order valence-corrected chi connectivity index (χ4v) is 3.75. The first-order valence-electron chi connectivity index (χ1n) is 7.86. The summed E-state index contributed by atoms with van der Waals surface area (Å²) < 4.78 is 5.83. The number of carbonyl (C=O) groups excluding carboxylic acids is 1. The minimum absolute atomic E-state index is 0.180. The molecule has 0 saturated heterocycles. The topological polar surface area (TPSA) is 101 Å². The van der Waals surface area contributed by atoms with Crippen LogP contribution in [-0.2, 0) is 17.1 Å². The molecule has 2 N–H and O–H groups in total. The zero-order valence-electron chi connectivity index (χ0n) is 14.0. The Morgan fingerprint density at radius 3 is 2.48 bits per heavy atom. The molecule has 138 valence electrons. The lowest BCUT2D eigenvalue weighted by Gasteiger charge is -2.04. The Morgan fingerprint density at radius 1 is 1.04 bits per heavy atom. The number of nitrogens with zero attached hydrogens (tertiary/aromatic N) is 2. The second kappa shape index (κ2) is 9.15. The summed E-state index contributed by atoms with van der Waals surface area (Å²) >= 11 is 2.70. The van der Waals surface area contributed by atoms with Crippen LogP contribution in [0.15, 0.2) is 58.9 Å². The van der Waals surface area contributed by atoms with Gasteiger partial charge in [0.25, 0.3) is 0 Å². The van der Waals surface area contributed by atoms with Gasteiger partial charge in [-0.1, -0.05) is 65.6 Å². The number of thioether (sulfide) groups is 1. The van der Waals surface area contributed by atoms with E-state index >= 15 is 0 Å². The zero-order valence-corrected chi connectivity index (χ0v) is 15.6. The number of hydrogen-bond acceptors (Lipinski definition) is 7. The fraction of sp³-hybridized carbons (Fsp3) is 0.111. The number of benzene rings is 2. The molecule has 3 aromatic rings. The van der Waals surface area contributed by atoms with Gasteiger partial charge in [0.2, 0.25) is 5.13 Å². The monoisotopic (exact) mass is 401 g/mol. The summed E-state index contributed by atoms with van der Waals surface area (Å²) in [6, 6.07) is 16.0. The molecule has 1 heterocycles. The van der Waals surface area contributed by atoms with E-state index in [2.05, 4.69) is 15.5 Å². The van der Waals surface area contributed by atoms with Crippen molar-refractivity contribution in [3.63, 3.8) is 0 Å². The summed E-state index contributed by atoms with van der Waals surface area (Å²) in [6.45, 7) is 0.180. The number of amides is 1. The molecule has 1 amide bonds. The predicted molar refractivity (Wildman–Crippen MR) is 103 cm³/mol. The maximum atomic E-state index is 11.8. The number of anilines is 1. The molecule has 0 radical (unpaired) electrons. The van der Waals surface area contributed by atoms with E-state index in [9.17, 15) is 9.59 Å². The van der Waals surface area contributed by atoms with Crippen molar-refractivity contribution in [1.29, 1.82) is 0 Å². The van der Waals surface area contributed by atoms with Gasteiger partial charge in [0.15, 0.2) is 4.34 Å². The molecule has 0 atom stereocenters. The maximum Gasteiger partial charge on any atom is 0.413 e. The third-order valence-corrected chi connectivity index (χ3v) is 5.43. The Kier molecular flexibility index (Phi) is 6.39. The lowest BCUT2D eigenvalue weighted by atomic mass is 10.1. The third-order valence-electron chi connectivity index (χ3n) is 3.39. The normalized spacial score (nSPS) is 10.4. The van der Waals surface area contributed by atoms with Crippen molar-refractivity contribution < 1.29 is 19.4 Å². The van der Waals surface area contributed by atoms with Crippen LogP contribution in [0.1, 0.15) is 21.5 Å². The van der Waals surface area contributed by atoms with E-state index in [4.69, 9.17) is 9.84 Å². The van der Waals surface area contributed by atoms with Crippen LogP contribution in [-0.4, -0.2) is 27.4 Å². The van der Waals surface area contributed by atoms with E-state index < -0.39 is 12.1 Å². The van der Waals surface area contributed by atoms with Crippen molar-refractivity contribution in [1.82, 2.24) is 10.2 Å². The zero-order chi connectivity index (χ0) is 19.1. The van der Waals surface area contributed by atoms with Crippen LogP contribution in [0.25, 0.3) is 0 Å². The summed E-state index contributed by atoms with van der Waals surface area (Å²) in [4.78, 5) is 22.7. The molecular weight excluding hydrogens is 386 g/mol. The summed E-state index contributed by atoms with van der Waals surface area (Å²) in [5, 5.41) is 19.7. The van der Waals surface area contributed by atoms with Crippen LogP contribution in [0.4, 0.5) is 9.93 Å². The molecule has 1 aromatic heterocycles. The fourth-order valence-electron chi connectivity index (χ4n) is 2.05. The highest BCUT2D eigenvalue weighted by atomic mass is 32.2. The van der Waals surface area contributed by atoms with E-state index in [-0.39, 0.29) is 12.2 Å². The van der Waals surface area contributed by atoms with E-state index in [1.54, 1.807) is 24.3 Å². The predicted octanol–water partition coefficient (Wildman–Crippen LogP) is 4.28. The van der Waals surface area contributed by atoms with Crippen LogP contribution < -0.4 is 5.32 Å². The number of carbonyl (C=O) groups is 2. The molecule has 0 aliphatic heterocycles. The highest BCUT2D eigenvalue weighted by Crippen LogP contribution is 2.28. The second-order valence-corrected chi connectivity index (χ2v) is 7.55. The number of rotatable bonds is 7. The lowest BCUT2D eigenvalue weighted by molar-refractivity contribution is 0.0697. The van der Waals surface area contributed by atoms with Crippen molar-refractivity contribution in [2.24, 2.45) is 0 Å². The summed E-state index contributed by atoms with van der Waals surface area (Å²) in [5.41, 5.74) is 2.12. The standard InChI is InChI=1S/C18H15N3O4S2/c22-15(23)14-8-6-13(7-9-14)11-26-18-21-20-16(27-18)19-17(24)25-10-12-4-2-1-3-5-12/h1-9H,10-11H2,(H,22,23)(H,19,20,24). The van der Waals surface area contributed by atoms with E-state index in [0.717, 1.165) is 11.1 Å². The van der Waals surface area contributed by atoms with Gasteiger partial charge in [-0.15, -0.1) is 10.2 Å². The van der Waals surface area contributed by atoms with Gasteiger partial charge < -0.3 is 9.84 Å². The molecule has 0 bridgehead atoms. The highest BCUT2D eigenvalue weighted by Gasteiger charge is 2.10. The van der Waals surface area contributed by atoms with E-state index in [1.165, 1.54) is 23.1 Å². The van der Waals surface area contributed by atoms with Crippen LogP contribution >= 0.6 is 23.1 Å². The van der Waals surface area contributed by atoms with Crippen molar-refractivity contribution in [2.45, 2.75) is 16.7 Å². The molecular formula is C18H15N3O4S2. The molecule has 2 aromatic carbocycles. The van der Waals surface area contributed by atoms with Gasteiger partial charge in [-0.2, -0.15) is 0 Å². The Bertz CT molecular complexity index is 914. The molecule has 27 heavy (non-hydrogen) atoms. The molecule has 0 fully saturated rings. The molecule has 7 nitrogen and oxygen atoms in total. The van der Waals surface area contributed by atoms with Crippen molar-refractivity contribution >= 4 is 40.3 Å². The summed E-state index contributed by atoms with van der Waals surface area (Å²) in [5.74, 6) is -0.333. The van der Waals surface area contributed by atoms with Crippen LogP contribution in [0.2, 0.25) is 0 Å². The van der Waals surface area contributed by atoms with E-state index in [1.807, 2.05) is 30.3 Å². The first-order chi connectivity index (χ1) is 13.1. The smallest absolute Gasteiger partial charge is 0.413 e. The number of nitrogens with one attached hydrogen (secondary N) is 1. The summed E-state index contributed by atoms with van der Waals surface area (Å²) in [7, 11) is 0. The van der Waals surface area contributed by atoms with Crippen LogP contribution in [0, 0.1) is 0 Å². The SMILES string of the molecule is O=C(Nc1nnc(SCc2ccc(C(=O)O)cc2)s1)OCc1ccccc1. The van der Waals surface area contributed by atoms with Crippen molar-refractivity contribution in [3.05, 3.63) is 71.3 Å². The number of ether oxygens (including phenoxy) is 1. The van der Waals surface area contributed by atoms with Crippen LogP contribution in [0.5, 0.6) is 0 Å². The average molecular weight is 401 g/mol. The number of aromatic nitrogens is 2. The number of aromatic carboxylic acids is 1. The molecule has 9 heteroatoms. The lowest BCUT2D eigenvalue weighted by Crippen LogP contribution is -2.13. The maximum absolute atomic E-state index is 11.8. The number of carboxylic acids is 1. The quantitative estimate of drug-likeness (QED) is 0.450. The number of hydrogen-bond donors (Lipinski definition) is 2. The first-order valence-corrected chi connectivity index (χ1v) is 9.66. The highest BCUT2D eigenvalue weighted by molar-refractivity contribution is 8.00. The third kappa shape index (κ3) is 5.80. The van der Waals surface area contributed by atoms with Gasteiger partial charge in [-0.05, 0) is 23.3 Å². The average Bonchev–Trinajstić information content (AvgIpc) is 3.13. The van der Waals surface area contributed by atoms with Gasteiger partial charge >= 0.3 is 12.1 Å². The Labute approximate surface area is 163 Å². The van der Waals surface area contributed by atoms with E-state index in [0.29, 0.717) is 15.2 Å². The Balaban J connectivity index is 1.46. The molecule has 0 spiro atoms. The Morgan fingerprint density at radius 2 is 1.78 bits per heavy atom. The van der Waals surface area contributed by atoms with Crippen LogP contribution in [0.3, 0.4) is 0 Å². The molecule has 3 rings (SSSR count). The molecule has 0 aliphatic carbocycles. The number of carboxylic acid groups (broad SMARTS) is 1. The molecule has 0 unspecified atom stereocenters. The van der Waals surface area contributed by atoms with Crippen molar-refractivity contribution in [3.8, 4) is 0 Å². The summed E-state index contributed by atoms with van der Waals surface area (Å²) in [6.07, 6.45) is -0.587. The van der Waals surface area contributed by atoms with Gasteiger partial charge in [0.05, 0.1) is 5.56 Å².